The summed E-state index contributed by atoms with van der Waals surface area (Å²) in [6.07, 6.45) is 0. The Hall–Kier alpha value is -1.69. The van der Waals surface area contributed by atoms with Crippen LogP contribution in [0.15, 0.2) is 42.5 Å². The summed E-state index contributed by atoms with van der Waals surface area (Å²) in [5.74, 6) is 0. The van der Waals surface area contributed by atoms with Gasteiger partial charge in [0.2, 0.25) is 0 Å². The fourth-order valence-corrected chi connectivity index (χ4v) is 2.33. The summed E-state index contributed by atoms with van der Waals surface area (Å²) in [5, 5.41) is 24.0. The molecule has 2 rings (SSSR count). The number of benzene rings is 2. The van der Waals surface area contributed by atoms with Crippen LogP contribution in [0.5, 0.6) is 0 Å². The normalized spacial score (nSPS) is 10.5. The van der Waals surface area contributed by atoms with Crippen molar-refractivity contribution in [1.82, 2.24) is 4.90 Å². The Morgan fingerprint density at radius 3 is 2.30 bits per heavy atom. The van der Waals surface area contributed by atoms with Gasteiger partial charge in [-0.3, -0.25) is 0 Å². The van der Waals surface area contributed by atoms with Crippen molar-refractivity contribution in [2.24, 2.45) is 0 Å². The third kappa shape index (κ3) is 3.66. The van der Waals surface area contributed by atoms with E-state index in [1.165, 1.54) is 5.39 Å². The summed E-state index contributed by atoms with van der Waals surface area (Å²) >= 11 is 5.30. The highest BCUT2D eigenvalue weighted by atomic mass is 32.1. The molecule has 5 heteroatoms. The lowest BCUT2D eigenvalue weighted by Gasteiger charge is -2.24. The maximum Gasteiger partial charge on any atom is 0.173 e. The van der Waals surface area contributed by atoms with Crippen molar-refractivity contribution in [3.63, 3.8) is 0 Å². The first-order chi connectivity index (χ1) is 9.74. The average molecular weight is 290 g/mol. The number of thiocarbonyl (C=S) groups is 1. The first kappa shape index (κ1) is 14.7. The number of hydrogen-bond acceptors (Lipinski definition) is 3. The molecular weight excluding hydrogens is 272 g/mol. The van der Waals surface area contributed by atoms with E-state index in [0.717, 1.165) is 11.1 Å². The molecule has 0 aliphatic carbocycles. The van der Waals surface area contributed by atoms with Crippen LogP contribution in [-0.4, -0.2) is 46.5 Å². The number of anilines is 1. The molecule has 0 saturated heterocycles. The molecule has 0 fully saturated rings. The lowest BCUT2D eigenvalue weighted by Crippen LogP contribution is -2.38. The van der Waals surface area contributed by atoms with Crippen LogP contribution < -0.4 is 5.32 Å². The predicted molar refractivity (Wildman–Crippen MR) is 85.9 cm³/mol. The van der Waals surface area contributed by atoms with E-state index in [9.17, 15) is 0 Å². The molecule has 0 amide bonds. The molecule has 0 saturated carbocycles. The van der Waals surface area contributed by atoms with Crippen LogP contribution in [0.4, 0.5) is 5.69 Å². The third-order valence-corrected chi connectivity index (χ3v) is 3.39. The zero-order valence-corrected chi connectivity index (χ0v) is 11.9. The van der Waals surface area contributed by atoms with Crippen LogP contribution in [-0.2, 0) is 0 Å². The van der Waals surface area contributed by atoms with Crippen LogP contribution in [0.3, 0.4) is 0 Å². The number of nitrogens with one attached hydrogen (secondary N) is 1. The van der Waals surface area contributed by atoms with Crippen LogP contribution in [0, 0.1) is 0 Å². The minimum absolute atomic E-state index is 0.000456. The fraction of sp³-hybridized carbons (Fsp3) is 0.267. The van der Waals surface area contributed by atoms with E-state index in [1.54, 1.807) is 4.90 Å². The van der Waals surface area contributed by atoms with E-state index in [0.29, 0.717) is 18.2 Å². The average Bonchev–Trinajstić information content (AvgIpc) is 2.47. The van der Waals surface area contributed by atoms with Crippen molar-refractivity contribution in [3.05, 3.63) is 42.5 Å². The summed E-state index contributed by atoms with van der Waals surface area (Å²) in [4.78, 5) is 1.74. The highest BCUT2D eigenvalue weighted by molar-refractivity contribution is 7.80. The zero-order valence-electron chi connectivity index (χ0n) is 11.1. The molecule has 4 nitrogen and oxygen atoms in total. The van der Waals surface area contributed by atoms with E-state index in [2.05, 4.69) is 11.4 Å². The predicted octanol–water partition coefficient (Wildman–Crippen LogP) is 1.82. The van der Waals surface area contributed by atoms with E-state index in [-0.39, 0.29) is 13.2 Å². The van der Waals surface area contributed by atoms with Gasteiger partial charge >= 0.3 is 0 Å². The topological polar surface area (TPSA) is 55.7 Å². The molecule has 0 spiro atoms. The molecule has 3 N–H and O–H groups in total. The van der Waals surface area contributed by atoms with Crippen LogP contribution in [0.25, 0.3) is 10.8 Å². The molecule has 0 heterocycles. The molecule has 0 bridgehead atoms. The van der Waals surface area contributed by atoms with Gasteiger partial charge in [-0.1, -0.05) is 30.3 Å². The molecule has 2 aromatic rings. The van der Waals surface area contributed by atoms with Gasteiger partial charge in [-0.15, -0.1) is 0 Å². The van der Waals surface area contributed by atoms with Crippen molar-refractivity contribution >= 4 is 33.8 Å². The highest BCUT2D eigenvalue weighted by Crippen LogP contribution is 2.19. The van der Waals surface area contributed by atoms with E-state index in [4.69, 9.17) is 22.4 Å². The molecule has 0 aliphatic rings. The molecular formula is C15H18N2O2S. The van der Waals surface area contributed by atoms with Crippen molar-refractivity contribution in [1.29, 1.82) is 0 Å². The fourth-order valence-electron chi connectivity index (χ4n) is 2.03. The van der Waals surface area contributed by atoms with Gasteiger partial charge in [0.25, 0.3) is 0 Å². The van der Waals surface area contributed by atoms with Gasteiger partial charge in [0.05, 0.1) is 13.2 Å². The Morgan fingerprint density at radius 2 is 1.65 bits per heavy atom. The Labute approximate surface area is 123 Å². The maximum absolute atomic E-state index is 9.01. The molecule has 20 heavy (non-hydrogen) atoms. The molecule has 0 atom stereocenters. The van der Waals surface area contributed by atoms with E-state index in [1.807, 2.05) is 36.4 Å². The Kier molecular flexibility index (Phi) is 5.29. The van der Waals surface area contributed by atoms with Crippen molar-refractivity contribution in [2.45, 2.75) is 0 Å². The second kappa shape index (κ2) is 7.19. The first-order valence-corrected chi connectivity index (χ1v) is 6.92. The largest absolute Gasteiger partial charge is 0.395 e. The minimum Gasteiger partial charge on any atom is -0.395 e. The maximum atomic E-state index is 9.01. The van der Waals surface area contributed by atoms with Gasteiger partial charge in [-0.05, 0) is 35.1 Å². The highest BCUT2D eigenvalue weighted by Gasteiger charge is 2.08. The monoisotopic (exact) mass is 290 g/mol. The molecule has 2 aromatic carbocycles. The quantitative estimate of drug-likeness (QED) is 0.734. The number of rotatable bonds is 5. The smallest absolute Gasteiger partial charge is 0.173 e. The molecule has 0 unspecified atom stereocenters. The second-order valence-corrected chi connectivity index (χ2v) is 4.81. The first-order valence-electron chi connectivity index (χ1n) is 6.51. The summed E-state index contributed by atoms with van der Waals surface area (Å²) in [6, 6.07) is 14.1. The van der Waals surface area contributed by atoms with Crippen molar-refractivity contribution < 1.29 is 10.2 Å². The lowest BCUT2D eigenvalue weighted by molar-refractivity contribution is 0.214. The molecule has 106 valence electrons. The summed E-state index contributed by atoms with van der Waals surface area (Å²) in [5.41, 5.74) is 0.898. The number of nitrogens with zero attached hydrogens (tertiary/aromatic N) is 1. The number of fused-ring (bicyclic) bond motifs is 1. The minimum atomic E-state index is -0.000456. The number of aliphatic hydroxyl groups is 2. The van der Waals surface area contributed by atoms with Gasteiger partial charge in [0.1, 0.15) is 0 Å². The van der Waals surface area contributed by atoms with Crippen LogP contribution in [0.1, 0.15) is 0 Å². The Balaban J connectivity index is 2.11. The molecule has 0 aromatic heterocycles. The van der Waals surface area contributed by atoms with Crippen LogP contribution in [0.2, 0.25) is 0 Å². The van der Waals surface area contributed by atoms with E-state index >= 15 is 0 Å². The van der Waals surface area contributed by atoms with Gasteiger partial charge in [0, 0.05) is 18.8 Å². The summed E-state index contributed by atoms with van der Waals surface area (Å²) < 4.78 is 0. The van der Waals surface area contributed by atoms with Gasteiger partial charge in [0.15, 0.2) is 5.11 Å². The molecule has 0 radical (unpaired) electrons. The standard InChI is InChI=1S/C15H18N2O2S/c18-9-7-17(8-10-19)15(20)16-14-6-5-12-3-1-2-4-13(12)11-14/h1-6,11,18-19H,7-10H2,(H,16,20). The van der Waals surface area contributed by atoms with E-state index < -0.39 is 0 Å². The summed E-state index contributed by atoms with van der Waals surface area (Å²) in [7, 11) is 0. The van der Waals surface area contributed by atoms with Crippen molar-refractivity contribution in [2.75, 3.05) is 31.6 Å². The van der Waals surface area contributed by atoms with Gasteiger partial charge in [-0.2, -0.15) is 0 Å². The number of hydrogen-bond donors (Lipinski definition) is 3. The third-order valence-electron chi connectivity index (χ3n) is 3.03. The summed E-state index contributed by atoms with van der Waals surface area (Å²) in [6.45, 7) is 0.805. The SMILES string of the molecule is OCCN(CCO)C(=S)Nc1ccc2ccccc2c1. The second-order valence-electron chi connectivity index (χ2n) is 4.43. The lowest BCUT2D eigenvalue weighted by atomic mass is 10.1. The van der Waals surface area contributed by atoms with Crippen molar-refractivity contribution in [3.8, 4) is 0 Å². The molecule has 0 aliphatic heterocycles. The van der Waals surface area contributed by atoms with Gasteiger partial charge in [-0.25, -0.2) is 0 Å². The van der Waals surface area contributed by atoms with Crippen LogP contribution >= 0.6 is 12.2 Å². The van der Waals surface area contributed by atoms with Gasteiger partial charge < -0.3 is 20.4 Å². The zero-order chi connectivity index (χ0) is 14.4. The Bertz CT molecular complexity index is 583. The number of aliphatic hydroxyl groups excluding tert-OH is 2. The Morgan fingerprint density at radius 1 is 1.00 bits per heavy atom.